The molecule has 0 unspecified atom stereocenters. The molecule has 0 amide bonds. The van der Waals surface area contributed by atoms with Crippen molar-refractivity contribution in [2.24, 2.45) is 5.92 Å². The number of unbranched alkanes of at least 4 members (excludes halogenated alkanes) is 3. The van der Waals surface area contributed by atoms with Crippen LogP contribution in [0.4, 0.5) is 0 Å². The lowest BCUT2D eigenvalue weighted by Crippen LogP contribution is -2.30. The molecule has 2 rings (SSSR count). The van der Waals surface area contributed by atoms with Crippen molar-refractivity contribution in [2.45, 2.75) is 71.1 Å². The summed E-state index contributed by atoms with van der Waals surface area (Å²) in [4.78, 5) is 27.1. The lowest BCUT2D eigenvalue weighted by Gasteiger charge is -2.19. The maximum absolute atomic E-state index is 12.4. The van der Waals surface area contributed by atoms with Crippen LogP contribution in [0, 0.1) is 5.92 Å². The maximum Gasteiger partial charge on any atom is 0.332 e. The van der Waals surface area contributed by atoms with Crippen molar-refractivity contribution in [1.82, 2.24) is 9.55 Å². The first kappa shape index (κ1) is 15.1. The lowest BCUT2D eigenvalue weighted by atomic mass is 9.88. The Kier molecular flexibility index (Phi) is 5.62. The fourth-order valence-corrected chi connectivity index (χ4v) is 3.02. The largest absolute Gasteiger partial charge is 0.332 e. The number of hydrogen-bond acceptors (Lipinski definition) is 2. The number of aromatic nitrogens is 2. The first-order valence-corrected chi connectivity index (χ1v) is 8.07. The van der Waals surface area contributed by atoms with Gasteiger partial charge in [-0.2, -0.15) is 0 Å². The van der Waals surface area contributed by atoms with Crippen LogP contribution in [0.2, 0.25) is 0 Å². The third-order valence-electron chi connectivity index (χ3n) is 4.26. The number of nitrogens with one attached hydrogen (secondary N) is 1. The normalized spacial score (nSPS) is 16.4. The molecule has 0 aromatic carbocycles. The van der Waals surface area contributed by atoms with Gasteiger partial charge in [-0.05, 0) is 25.7 Å². The average molecular weight is 278 g/mol. The molecule has 0 atom stereocenters. The Morgan fingerprint density at radius 3 is 2.70 bits per heavy atom. The Hall–Kier alpha value is -1.32. The molecule has 1 N–H and O–H groups in total. The second kappa shape index (κ2) is 7.46. The fourth-order valence-electron chi connectivity index (χ4n) is 3.02. The number of carbonyl (C=O) groups excluding carboxylic acids is 1. The van der Waals surface area contributed by atoms with Gasteiger partial charge in [0.25, 0.3) is 0 Å². The Balaban J connectivity index is 1.95. The average Bonchev–Trinajstić information content (AvgIpc) is 2.85. The molecule has 4 nitrogen and oxygen atoms in total. The molecule has 1 saturated carbocycles. The van der Waals surface area contributed by atoms with E-state index in [1.54, 1.807) is 6.20 Å². The molecule has 112 valence electrons. The van der Waals surface area contributed by atoms with Crippen molar-refractivity contribution in [3.8, 4) is 0 Å². The van der Waals surface area contributed by atoms with Crippen molar-refractivity contribution >= 4 is 5.91 Å². The molecular formula is C16H26N2O2. The molecule has 20 heavy (non-hydrogen) atoms. The van der Waals surface area contributed by atoms with E-state index < -0.39 is 0 Å². The second-order valence-corrected chi connectivity index (χ2v) is 5.94. The highest BCUT2D eigenvalue weighted by molar-refractivity contribution is 5.81. The number of aromatic amines is 1. The van der Waals surface area contributed by atoms with E-state index in [0.717, 1.165) is 44.2 Å². The summed E-state index contributed by atoms with van der Waals surface area (Å²) in [7, 11) is 0. The van der Waals surface area contributed by atoms with Crippen LogP contribution >= 0.6 is 0 Å². The quantitative estimate of drug-likeness (QED) is 0.809. The van der Waals surface area contributed by atoms with Gasteiger partial charge >= 0.3 is 5.69 Å². The van der Waals surface area contributed by atoms with Crippen molar-refractivity contribution in [3.05, 3.63) is 22.4 Å². The number of rotatable bonds is 6. The van der Waals surface area contributed by atoms with Crippen molar-refractivity contribution in [1.29, 1.82) is 0 Å². The minimum Gasteiger partial charge on any atom is -0.309 e. The molecular weight excluding hydrogens is 252 g/mol. The fraction of sp³-hybridized carbons (Fsp3) is 0.750. The number of hydrogen-bond donors (Lipinski definition) is 1. The van der Waals surface area contributed by atoms with E-state index in [9.17, 15) is 9.59 Å². The Morgan fingerprint density at radius 1 is 1.25 bits per heavy atom. The van der Waals surface area contributed by atoms with E-state index in [2.05, 4.69) is 11.9 Å². The Labute approximate surface area is 120 Å². The molecule has 1 heterocycles. The van der Waals surface area contributed by atoms with Gasteiger partial charge in [-0.3, -0.25) is 4.79 Å². The zero-order valence-corrected chi connectivity index (χ0v) is 12.5. The molecule has 1 fully saturated rings. The van der Waals surface area contributed by atoms with Crippen molar-refractivity contribution < 1.29 is 4.79 Å². The number of H-pyrrole nitrogens is 1. The zero-order valence-electron chi connectivity index (χ0n) is 12.5. The highest BCUT2D eigenvalue weighted by atomic mass is 16.2. The number of nitrogens with zero attached hydrogens (tertiary/aromatic N) is 1. The van der Waals surface area contributed by atoms with Crippen LogP contribution in [0.5, 0.6) is 0 Å². The standard InChI is InChI=1S/C16H26N2O2/c1-2-3-4-8-11-14-12-18(16(20)17-14)15(19)13-9-6-5-7-10-13/h12-13H,2-11H2,1H3,(H,17,20). The first-order valence-electron chi connectivity index (χ1n) is 8.07. The number of carbonyl (C=O) groups is 1. The highest BCUT2D eigenvalue weighted by Crippen LogP contribution is 2.24. The molecule has 1 aromatic rings. The van der Waals surface area contributed by atoms with Gasteiger partial charge < -0.3 is 4.98 Å². The first-order chi connectivity index (χ1) is 9.72. The predicted molar refractivity (Wildman–Crippen MR) is 80.1 cm³/mol. The van der Waals surface area contributed by atoms with Gasteiger partial charge in [-0.15, -0.1) is 0 Å². The van der Waals surface area contributed by atoms with Crippen LogP contribution in [-0.2, 0) is 6.42 Å². The summed E-state index contributed by atoms with van der Waals surface area (Å²) in [5, 5.41) is 0. The smallest absolute Gasteiger partial charge is 0.309 e. The topological polar surface area (TPSA) is 54.9 Å². The van der Waals surface area contributed by atoms with Gasteiger partial charge in [0.2, 0.25) is 5.91 Å². The van der Waals surface area contributed by atoms with Gasteiger partial charge in [-0.25, -0.2) is 9.36 Å². The van der Waals surface area contributed by atoms with Gasteiger partial charge in [0.05, 0.1) is 0 Å². The Morgan fingerprint density at radius 2 is 2.00 bits per heavy atom. The summed E-state index contributed by atoms with van der Waals surface area (Å²) >= 11 is 0. The Bertz CT molecular complexity index is 481. The molecule has 4 heteroatoms. The molecule has 1 aliphatic rings. The number of aryl methyl sites for hydroxylation is 1. The van der Waals surface area contributed by atoms with E-state index >= 15 is 0 Å². The minimum atomic E-state index is -0.258. The second-order valence-electron chi connectivity index (χ2n) is 5.94. The molecule has 0 radical (unpaired) electrons. The van der Waals surface area contributed by atoms with Crippen LogP contribution in [0.3, 0.4) is 0 Å². The summed E-state index contributed by atoms with van der Waals surface area (Å²) in [5.41, 5.74) is 0.640. The third kappa shape index (κ3) is 3.84. The summed E-state index contributed by atoms with van der Waals surface area (Å²) in [6.07, 6.45) is 12.6. The maximum atomic E-state index is 12.4. The van der Waals surface area contributed by atoms with Crippen LogP contribution < -0.4 is 5.69 Å². The monoisotopic (exact) mass is 278 g/mol. The van der Waals surface area contributed by atoms with Gasteiger partial charge in [0, 0.05) is 17.8 Å². The third-order valence-corrected chi connectivity index (χ3v) is 4.26. The molecule has 1 aromatic heterocycles. The SMILES string of the molecule is CCCCCCc1cn(C(=O)C2CCCCC2)c(=O)[nH]1. The summed E-state index contributed by atoms with van der Waals surface area (Å²) < 4.78 is 1.31. The summed E-state index contributed by atoms with van der Waals surface area (Å²) in [6.45, 7) is 2.18. The van der Waals surface area contributed by atoms with E-state index in [1.165, 1.54) is 30.3 Å². The molecule has 0 spiro atoms. The van der Waals surface area contributed by atoms with Crippen LogP contribution in [0.25, 0.3) is 0 Å². The minimum absolute atomic E-state index is 0.00856. The molecule has 0 bridgehead atoms. The van der Waals surface area contributed by atoms with Crippen LogP contribution in [-0.4, -0.2) is 15.5 Å². The predicted octanol–water partition coefficient (Wildman–Crippen LogP) is 3.52. The summed E-state index contributed by atoms with van der Waals surface area (Å²) in [6, 6.07) is 0. The number of imidazole rings is 1. The van der Waals surface area contributed by atoms with E-state index in [1.807, 2.05) is 0 Å². The van der Waals surface area contributed by atoms with Crippen LogP contribution in [0.1, 0.15) is 75.2 Å². The molecule has 0 aliphatic heterocycles. The van der Waals surface area contributed by atoms with Crippen molar-refractivity contribution in [2.75, 3.05) is 0 Å². The highest BCUT2D eigenvalue weighted by Gasteiger charge is 2.24. The molecule has 0 saturated heterocycles. The van der Waals surface area contributed by atoms with Gasteiger partial charge in [0.1, 0.15) is 0 Å². The van der Waals surface area contributed by atoms with E-state index in [0.29, 0.717) is 0 Å². The molecule has 1 aliphatic carbocycles. The van der Waals surface area contributed by atoms with Gasteiger partial charge in [-0.1, -0.05) is 45.4 Å². The van der Waals surface area contributed by atoms with E-state index in [4.69, 9.17) is 0 Å². The zero-order chi connectivity index (χ0) is 14.4. The van der Waals surface area contributed by atoms with Gasteiger partial charge in [0.15, 0.2) is 0 Å². The van der Waals surface area contributed by atoms with Crippen LogP contribution in [0.15, 0.2) is 11.0 Å². The lowest BCUT2D eigenvalue weighted by molar-refractivity contribution is 0.0797. The van der Waals surface area contributed by atoms with E-state index in [-0.39, 0.29) is 17.5 Å². The van der Waals surface area contributed by atoms with Crippen molar-refractivity contribution in [3.63, 3.8) is 0 Å². The summed E-state index contributed by atoms with van der Waals surface area (Å²) in [5.74, 6) is 0.0379.